The Labute approximate surface area is 87.6 Å². The van der Waals surface area contributed by atoms with Gasteiger partial charge in [-0.1, -0.05) is 12.1 Å². The summed E-state index contributed by atoms with van der Waals surface area (Å²) in [6.07, 6.45) is 0. The third kappa shape index (κ3) is 1.93. The lowest BCUT2D eigenvalue weighted by Gasteiger charge is -2.02. The number of sulfonamides is 1. The molecule has 0 aliphatic rings. The first kappa shape index (κ1) is 9.95. The smallest absolute Gasteiger partial charge is 0.238 e. The summed E-state index contributed by atoms with van der Waals surface area (Å²) in [6, 6.07) is 10.0. The van der Waals surface area contributed by atoms with Crippen LogP contribution < -0.4 is 10.9 Å². The van der Waals surface area contributed by atoms with Crippen molar-refractivity contribution in [1.82, 2.24) is 0 Å². The number of nitrogen functional groups attached to an aromatic ring is 1. The number of primary sulfonamides is 1. The third-order valence-electron chi connectivity index (χ3n) is 2.16. The van der Waals surface area contributed by atoms with Gasteiger partial charge in [0, 0.05) is 5.69 Å². The molecule has 4 nitrogen and oxygen atoms in total. The normalized spacial score (nSPS) is 11.8. The SMILES string of the molecule is Nc1ccc2ccc(S(N)(=O)=O)cc2c1. The van der Waals surface area contributed by atoms with Gasteiger partial charge < -0.3 is 5.73 Å². The molecule has 0 aromatic heterocycles. The Morgan fingerprint density at radius 3 is 2.27 bits per heavy atom. The van der Waals surface area contributed by atoms with Gasteiger partial charge in [-0.05, 0) is 35.0 Å². The van der Waals surface area contributed by atoms with Crippen molar-refractivity contribution >= 4 is 26.5 Å². The number of anilines is 1. The molecule has 0 radical (unpaired) electrons. The zero-order chi connectivity index (χ0) is 11.1. The van der Waals surface area contributed by atoms with E-state index >= 15 is 0 Å². The Kier molecular flexibility index (Phi) is 2.13. The largest absolute Gasteiger partial charge is 0.399 e. The van der Waals surface area contributed by atoms with Gasteiger partial charge in [0.2, 0.25) is 10.0 Å². The maximum atomic E-state index is 11.1. The molecule has 78 valence electrons. The minimum atomic E-state index is -3.65. The van der Waals surface area contributed by atoms with Crippen LogP contribution in [0.1, 0.15) is 0 Å². The molecule has 4 N–H and O–H groups in total. The molecular weight excluding hydrogens is 212 g/mol. The molecular formula is C10H10N2O2S. The van der Waals surface area contributed by atoms with E-state index in [4.69, 9.17) is 10.9 Å². The fraction of sp³-hybridized carbons (Fsp3) is 0. The summed E-state index contributed by atoms with van der Waals surface area (Å²) in [4.78, 5) is 0.0978. The molecule has 0 heterocycles. The highest BCUT2D eigenvalue weighted by Crippen LogP contribution is 2.20. The molecule has 0 saturated carbocycles. The maximum Gasteiger partial charge on any atom is 0.238 e. The molecule has 0 unspecified atom stereocenters. The second-order valence-electron chi connectivity index (χ2n) is 3.31. The van der Waals surface area contributed by atoms with Crippen LogP contribution in [0.15, 0.2) is 41.3 Å². The molecule has 2 rings (SSSR count). The van der Waals surface area contributed by atoms with Crippen molar-refractivity contribution in [2.45, 2.75) is 4.90 Å². The number of hydrogen-bond acceptors (Lipinski definition) is 3. The summed E-state index contributed by atoms with van der Waals surface area (Å²) < 4.78 is 22.2. The lowest BCUT2D eigenvalue weighted by molar-refractivity contribution is 0.598. The van der Waals surface area contributed by atoms with E-state index in [0.29, 0.717) is 5.69 Å². The Morgan fingerprint density at radius 1 is 0.933 bits per heavy atom. The van der Waals surface area contributed by atoms with Crippen molar-refractivity contribution in [2.75, 3.05) is 5.73 Å². The second kappa shape index (κ2) is 3.22. The van der Waals surface area contributed by atoms with E-state index in [0.717, 1.165) is 10.8 Å². The standard InChI is InChI=1S/C10H10N2O2S/c11-9-3-1-7-2-4-10(15(12,13)14)6-8(7)5-9/h1-6H,11H2,(H2,12,13,14). The van der Waals surface area contributed by atoms with E-state index < -0.39 is 10.0 Å². The van der Waals surface area contributed by atoms with Crippen LogP contribution in [0, 0.1) is 0 Å². The van der Waals surface area contributed by atoms with Gasteiger partial charge in [0.15, 0.2) is 0 Å². The van der Waals surface area contributed by atoms with E-state index in [1.165, 1.54) is 12.1 Å². The van der Waals surface area contributed by atoms with Gasteiger partial charge in [-0.15, -0.1) is 0 Å². The molecule has 5 heteroatoms. The van der Waals surface area contributed by atoms with E-state index in [2.05, 4.69) is 0 Å². The topological polar surface area (TPSA) is 86.2 Å². The van der Waals surface area contributed by atoms with Crippen molar-refractivity contribution in [1.29, 1.82) is 0 Å². The van der Waals surface area contributed by atoms with Crippen LogP contribution in [0.25, 0.3) is 10.8 Å². The first-order valence-corrected chi connectivity index (χ1v) is 5.83. The predicted octanol–water partition coefficient (Wildman–Crippen LogP) is 1.07. The number of nitrogens with two attached hydrogens (primary N) is 2. The fourth-order valence-corrected chi connectivity index (χ4v) is 1.97. The Hall–Kier alpha value is -1.59. The predicted molar refractivity (Wildman–Crippen MR) is 59.7 cm³/mol. The highest BCUT2D eigenvalue weighted by Gasteiger charge is 2.07. The summed E-state index contributed by atoms with van der Waals surface area (Å²) in [5.74, 6) is 0. The summed E-state index contributed by atoms with van der Waals surface area (Å²) >= 11 is 0. The van der Waals surface area contributed by atoms with Crippen LogP contribution in [-0.2, 0) is 10.0 Å². The molecule has 15 heavy (non-hydrogen) atoms. The molecule has 0 aliphatic heterocycles. The average molecular weight is 222 g/mol. The summed E-state index contributed by atoms with van der Waals surface area (Å²) in [7, 11) is -3.65. The van der Waals surface area contributed by atoms with Crippen molar-refractivity contribution < 1.29 is 8.42 Å². The van der Waals surface area contributed by atoms with Crippen LogP contribution in [0.4, 0.5) is 5.69 Å². The second-order valence-corrected chi connectivity index (χ2v) is 4.87. The Morgan fingerprint density at radius 2 is 1.60 bits per heavy atom. The number of rotatable bonds is 1. The third-order valence-corrected chi connectivity index (χ3v) is 3.08. The van der Waals surface area contributed by atoms with Crippen LogP contribution >= 0.6 is 0 Å². The summed E-state index contributed by atoms with van der Waals surface area (Å²) in [6.45, 7) is 0. The van der Waals surface area contributed by atoms with Crippen molar-refractivity contribution in [3.05, 3.63) is 36.4 Å². The molecule has 0 amide bonds. The molecule has 0 aliphatic carbocycles. The molecule has 0 fully saturated rings. The van der Waals surface area contributed by atoms with E-state index in [-0.39, 0.29) is 4.90 Å². The molecule has 2 aromatic carbocycles. The quantitative estimate of drug-likeness (QED) is 0.707. The lowest BCUT2D eigenvalue weighted by atomic mass is 10.1. The van der Waals surface area contributed by atoms with Gasteiger partial charge in [-0.2, -0.15) is 0 Å². The van der Waals surface area contributed by atoms with Crippen LogP contribution in [0.2, 0.25) is 0 Å². The first-order valence-electron chi connectivity index (χ1n) is 4.29. The van der Waals surface area contributed by atoms with E-state index in [1.807, 2.05) is 6.07 Å². The minimum Gasteiger partial charge on any atom is -0.399 e. The zero-order valence-electron chi connectivity index (χ0n) is 7.84. The molecule has 0 spiro atoms. The monoisotopic (exact) mass is 222 g/mol. The molecule has 0 saturated heterocycles. The maximum absolute atomic E-state index is 11.1. The molecule has 0 atom stereocenters. The van der Waals surface area contributed by atoms with Crippen molar-refractivity contribution in [3.8, 4) is 0 Å². The summed E-state index contributed by atoms with van der Waals surface area (Å²) in [5.41, 5.74) is 6.19. The highest BCUT2D eigenvalue weighted by atomic mass is 32.2. The molecule has 2 aromatic rings. The van der Waals surface area contributed by atoms with Crippen LogP contribution in [0.5, 0.6) is 0 Å². The van der Waals surface area contributed by atoms with Crippen molar-refractivity contribution in [3.63, 3.8) is 0 Å². The fourth-order valence-electron chi connectivity index (χ4n) is 1.42. The number of benzene rings is 2. The highest BCUT2D eigenvalue weighted by molar-refractivity contribution is 7.89. The average Bonchev–Trinajstić information content (AvgIpc) is 2.15. The number of hydrogen-bond donors (Lipinski definition) is 2. The van der Waals surface area contributed by atoms with Gasteiger partial charge in [0.25, 0.3) is 0 Å². The van der Waals surface area contributed by atoms with Gasteiger partial charge in [-0.3, -0.25) is 0 Å². The Bertz CT molecular complexity index is 620. The lowest BCUT2D eigenvalue weighted by Crippen LogP contribution is -2.11. The van der Waals surface area contributed by atoms with Gasteiger partial charge in [0.05, 0.1) is 4.90 Å². The van der Waals surface area contributed by atoms with Crippen LogP contribution in [-0.4, -0.2) is 8.42 Å². The van der Waals surface area contributed by atoms with Crippen molar-refractivity contribution in [2.24, 2.45) is 5.14 Å². The van der Waals surface area contributed by atoms with Gasteiger partial charge in [0.1, 0.15) is 0 Å². The minimum absolute atomic E-state index is 0.0978. The van der Waals surface area contributed by atoms with E-state index in [1.54, 1.807) is 18.2 Å². The first-order chi connectivity index (χ1) is 6.97. The number of fused-ring (bicyclic) bond motifs is 1. The van der Waals surface area contributed by atoms with E-state index in [9.17, 15) is 8.42 Å². The van der Waals surface area contributed by atoms with Gasteiger partial charge in [-0.25, -0.2) is 13.6 Å². The Balaban J connectivity index is 2.75. The zero-order valence-corrected chi connectivity index (χ0v) is 8.66. The summed E-state index contributed by atoms with van der Waals surface area (Å²) in [5, 5.41) is 6.72. The molecule has 0 bridgehead atoms. The van der Waals surface area contributed by atoms with Crippen LogP contribution in [0.3, 0.4) is 0 Å². The van der Waals surface area contributed by atoms with Gasteiger partial charge >= 0.3 is 0 Å².